The average Bonchev–Trinajstić information content (AvgIpc) is 2.28. The van der Waals surface area contributed by atoms with Crippen LogP contribution < -0.4 is 5.73 Å². The SMILES string of the molecule is CCN(CC(N)=O)C(=O)c1cccc(O)c1C. The molecule has 5 nitrogen and oxygen atoms in total. The number of likely N-dealkylation sites (N-methyl/N-ethyl adjacent to an activating group) is 1. The minimum atomic E-state index is -0.557. The van der Waals surface area contributed by atoms with Crippen LogP contribution in [0.15, 0.2) is 18.2 Å². The Kier molecular flexibility index (Phi) is 4.09. The fraction of sp³-hybridized carbons (Fsp3) is 0.333. The molecule has 0 bridgehead atoms. The second kappa shape index (κ2) is 5.34. The quantitative estimate of drug-likeness (QED) is 0.805. The van der Waals surface area contributed by atoms with Gasteiger partial charge < -0.3 is 15.7 Å². The third kappa shape index (κ3) is 2.96. The van der Waals surface area contributed by atoms with Crippen LogP contribution in [0.3, 0.4) is 0 Å². The second-order valence-corrected chi connectivity index (χ2v) is 3.74. The molecule has 17 heavy (non-hydrogen) atoms. The van der Waals surface area contributed by atoms with Crippen LogP contribution in [-0.2, 0) is 4.79 Å². The first kappa shape index (κ1) is 13.0. The summed E-state index contributed by atoms with van der Waals surface area (Å²) >= 11 is 0. The number of phenolic OH excluding ortho intramolecular Hbond substituents is 1. The number of phenols is 1. The summed E-state index contributed by atoms with van der Waals surface area (Å²) in [4.78, 5) is 24.3. The summed E-state index contributed by atoms with van der Waals surface area (Å²) in [5, 5.41) is 9.52. The van der Waals surface area contributed by atoms with Crippen LogP contribution in [-0.4, -0.2) is 34.9 Å². The lowest BCUT2D eigenvalue weighted by atomic mass is 10.1. The highest BCUT2D eigenvalue weighted by molar-refractivity contribution is 5.98. The van der Waals surface area contributed by atoms with Crippen molar-refractivity contribution in [3.05, 3.63) is 29.3 Å². The van der Waals surface area contributed by atoms with Gasteiger partial charge in [-0.05, 0) is 26.0 Å². The normalized spacial score (nSPS) is 10.0. The number of primary amides is 1. The van der Waals surface area contributed by atoms with E-state index < -0.39 is 5.91 Å². The summed E-state index contributed by atoms with van der Waals surface area (Å²) in [5.74, 6) is -0.802. The van der Waals surface area contributed by atoms with Crippen LogP contribution in [0.25, 0.3) is 0 Å². The van der Waals surface area contributed by atoms with Crippen LogP contribution in [0.2, 0.25) is 0 Å². The summed E-state index contributed by atoms with van der Waals surface area (Å²) in [6.45, 7) is 3.68. The maximum absolute atomic E-state index is 12.1. The summed E-state index contributed by atoms with van der Waals surface area (Å²) < 4.78 is 0. The van der Waals surface area contributed by atoms with Crippen molar-refractivity contribution in [2.75, 3.05) is 13.1 Å². The van der Waals surface area contributed by atoms with E-state index in [0.29, 0.717) is 17.7 Å². The average molecular weight is 236 g/mol. The Morgan fingerprint density at radius 1 is 1.41 bits per heavy atom. The van der Waals surface area contributed by atoms with E-state index in [9.17, 15) is 14.7 Å². The molecule has 0 aliphatic heterocycles. The van der Waals surface area contributed by atoms with Crippen LogP contribution in [0, 0.1) is 6.92 Å². The smallest absolute Gasteiger partial charge is 0.254 e. The predicted molar refractivity (Wildman–Crippen MR) is 63.6 cm³/mol. The van der Waals surface area contributed by atoms with E-state index in [-0.39, 0.29) is 18.2 Å². The van der Waals surface area contributed by atoms with Gasteiger partial charge in [0.15, 0.2) is 0 Å². The van der Waals surface area contributed by atoms with E-state index in [2.05, 4.69) is 0 Å². The zero-order valence-electron chi connectivity index (χ0n) is 9.93. The molecule has 0 spiro atoms. The number of amides is 2. The van der Waals surface area contributed by atoms with Crippen molar-refractivity contribution >= 4 is 11.8 Å². The number of nitrogens with zero attached hydrogens (tertiary/aromatic N) is 1. The van der Waals surface area contributed by atoms with Gasteiger partial charge in [0, 0.05) is 17.7 Å². The monoisotopic (exact) mass is 236 g/mol. The summed E-state index contributed by atoms with van der Waals surface area (Å²) in [6.07, 6.45) is 0. The first-order valence-corrected chi connectivity index (χ1v) is 5.33. The number of hydrogen-bond donors (Lipinski definition) is 2. The van der Waals surface area contributed by atoms with E-state index >= 15 is 0 Å². The van der Waals surface area contributed by atoms with Crippen molar-refractivity contribution in [2.45, 2.75) is 13.8 Å². The van der Waals surface area contributed by atoms with Crippen molar-refractivity contribution in [3.8, 4) is 5.75 Å². The summed E-state index contributed by atoms with van der Waals surface area (Å²) in [6, 6.07) is 4.71. The second-order valence-electron chi connectivity index (χ2n) is 3.74. The van der Waals surface area contributed by atoms with Gasteiger partial charge >= 0.3 is 0 Å². The van der Waals surface area contributed by atoms with Crippen molar-refractivity contribution in [3.63, 3.8) is 0 Å². The topological polar surface area (TPSA) is 83.6 Å². The molecule has 0 saturated carbocycles. The van der Waals surface area contributed by atoms with Gasteiger partial charge in [0.2, 0.25) is 5.91 Å². The Morgan fingerprint density at radius 3 is 2.59 bits per heavy atom. The summed E-state index contributed by atoms with van der Waals surface area (Å²) in [7, 11) is 0. The lowest BCUT2D eigenvalue weighted by Crippen LogP contribution is -2.38. The van der Waals surface area contributed by atoms with E-state index in [4.69, 9.17) is 5.73 Å². The van der Waals surface area contributed by atoms with E-state index in [1.807, 2.05) is 0 Å². The van der Waals surface area contributed by atoms with Gasteiger partial charge in [-0.3, -0.25) is 9.59 Å². The molecule has 2 amide bonds. The fourth-order valence-corrected chi connectivity index (χ4v) is 1.54. The van der Waals surface area contributed by atoms with Crippen LogP contribution in [0.4, 0.5) is 0 Å². The number of carbonyl (C=O) groups is 2. The molecule has 0 aliphatic carbocycles. The van der Waals surface area contributed by atoms with Gasteiger partial charge in [-0.25, -0.2) is 0 Å². The number of aromatic hydroxyl groups is 1. The minimum absolute atomic E-state index is 0.0611. The van der Waals surface area contributed by atoms with Crippen LogP contribution >= 0.6 is 0 Å². The summed E-state index contributed by atoms with van der Waals surface area (Å²) in [5.41, 5.74) is 5.95. The van der Waals surface area contributed by atoms with Crippen molar-refractivity contribution in [1.29, 1.82) is 0 Å². The van der Waals surface area contributed by atoms with E-state index in [1.165, 1.54) is 11.0 Å². The lowest BCUT2D eigenvalue weighted by molar-refractivity contribution is -0.118. The number of hydrogen-bond acceptors (Lipinski definition) is 3. The molecule has 0 heterocycles. The number of nitrogens with two attached hydrogens (primary N) is 1. The molecule has 1 aromatic rings. The van der Waals surface area contributed by atoms with Crippen molar-refractivity contribution in [1.82, 2.24) is 4.90 Å². The molecule has 0 saturated heterocycles. The lowest BCUT2D eigenvalue weighted by Gasteiger charge is -2.20. The highest BCUT2D eigenvalue weighted by Crippen LogP contribution is 2.20. The maximum atomic E-state index is 12.1. The highest BCUT2D eigenvalue weighted by Gasteiger charge is 2.18. The fourth-order valence-electron chi connectivity index (χ4n) is 1.54. The molecule has 0 fully saturated rings. The van der Waals surface area contributed by atoms with Gasteiger partial charge in [-0.2, -0.15) is 0 Å². The highest BCUT2D eigenvalue weighted by atomic mass is 16.3. The first-order valence-electron chi connectivity index (χ1n) is 5.33. The molecule has 0 aliphatic rings. The number of rotatable bonds is 4. The van der Waals surface area contributed by atoms with Crippen molar-refractivity contribution in [2.24, 2.45) is 5.73 Å². The molecule has 3 N–H and O–H groups in total. The predicted octanol–water partition coefficient (Wildman–Crippen LogP) is 0.648. The number of carbonyl (C=O) groups excluding carboxylic acids is 2. The van der Waals surface area contributed by atoms with Gasteiger partial charge in [0.25, 0.3) is 5.91 Å². The van der Waals surface area contributed by atoms with Gasteiger partial charge in [0.1, 0.15) is 5.75 Å². The Labute approximate surface area is 99.8 Å². The molecule has 5 heteroatoms. The zero-order chi connectivity index (χ0) is 13.0. The van der Waals surface area contributed by atoms with E-state index in [1.54, 1.807) is 26.0 Å². The third-order valence-electron chi connectivity index (χ3n) is 2.55. The van der Waals surface area contributed by atoms with Crippen LogP contribution in [0.1, 0.15) is 22.8 Å². The Bertz CT molecular complexity index is 443. The van der Waals surface area contributed by atoms with E-state index in [0.717, 1.165) is 0 Å². The third-order valence-corrected chi connectivity index (χ3v) is 2.55. The number of benzene rings is 1. The molecule has 92 valence electrons. The molecule has 1 aromatic carbocycles. The minimum Gasteiger partial charge on any atom is -0.508 e. The maximum Gasteiger partial charge on any atom is 0.254 e. The standard InChI is InChI=1S/C12H16N2O3/c1-3-14(7-11(13)16)12(17)9-5-4-6-10(15)8(9)2/h4-6,15H,3,7H2,1-2H3,(H2,13,16). The zero-order valence-corrected chi connectivity index (χ0v) is 9.93. The molecular formula is C12H16N2O3. The molecule has 0 atom stereocenters. The Morgan fingerprint density at radius 2 is 2.06 bits per heavy atom. The Hall–Kier alpha value is -2.04. The van der Waals surface area contributed by atoms with Crippen LogP contribution in [0.5, 0.6) is 5.75 Å². The first-order chi connectivity index (χ1) is 7.97. The molecule has 0 unspecified atom stereocenters. The van der Waals surface area contributed by atoms with Gasteiger partial charge in [-0.15, -0.1) is 0 Å². The van der Waals surface area contributed by atoms with Gasteiger partial charge in [0.05, 0.1) is 6.54 Å². The molecule has 0 radical (unpaired) electrons. The molecule has 1 rings (SSSR count). The molecular weight excluding hydrogens is 220 g/mol. The van der Waals surface area contributed by atoms with Crippen molar-refractivity contribution < 1.29 is 14.7 Å². The Balaban J connectivity index is 3.02. The van der Waals surface area contributed by atoms with Gasteiger partial charge in [-0.1, -0.05) is 6.07 Å². The molecule has 0 aromatic heterocycles. The largest absolute Gasteiger partial charge is 0.508 e.